The number of piperidine rings is 1. The average Bonchev–Trinajstić information content (AvgIpc) is 2.79. The van der Waals surface area contributed by atoms with Crippen molar-refractivity contribution in [3.63, 3.8) is 0 Å². The lowest BCUT2D eigenvalue weighted by atomic mass is 9.79. The normalized spacial score (nSPS) is 31.6. The third kappa shape index (κ3) is 1.97. The zero-order chi connectivity index (χ0) is 14.5. The van der Waals surface area contributed by atoms with Crippen LogP contribution in [0.1, 0.15) is 31.2 Å². The number of fused-ring (bicyclic) bond motifs is 2. The van der Waals surface area contributed by atoms with Gasteiger partial charge in [0.1, 0.15) is 5.69 Å². The summed E-state index contributed by atoms with van der Waals surface area (Å²) >= 11 is 0. The predicted octanol–water partition coefficient (Wildman–Crippen LogP) is 2.42. The summed E-state index contributed by atoms with van der Waals surface area (Å²) in [7, 11) is 2.03. The van der Waals surface area contributed by atoms with Crippen LogP contribution in [-0.2, 0) is 18.3 Å². The highest BCUT2D eigenvalue weighted by molar-refractivity contribution is 5.28. The van der Waals surface area contributed by atoms with Crippen molar-refractivity contribution >= 4 is 0 Å². The van der Waals surface area contributed by atoms with Gasteiger partial charge in [0.2, 0.25) is 0 Å². The first-order valence-corrected chi connectivity index (χ1v) is 7.06. The second kappa shape index (κ2) is 4.49. The molecule has 0 bridgehead atoms. The minimum atomic E-state index is -4.27. The van der Waals surface area contributed by atoms with Gasteiger partial charge in [-0.3, -0.25) is 4.90 Å². The van der Waals surface area contributed by atoms with Crippen molar-refractivity contribution in [2.75, 3.05) is 20.1 Å². The molecule has 6 heteroatoms. The monoisotopic (exact) mass is 287 g/mol. The average molecular weight is 287 g/mol. The molecule has 0 saturated carbocycles. The third-order valence-electron chi connectivity index (χ3n) is 4.81. The lowest BCUT2D eigenvalue weighted by Crippen LogP contribution is -2.57. The van der Waals surface area contributed by atoms with E-state index in [4.69, 9.17) is 0 Å². The Labute approximate surface area is 116 Å². The van der Waals surface area contributed by atoms with Gasteiger partial charge in [-0.05, 0) is 45.5 Å². The Hall–Kier alpha value is -1.01. The summed E-state index contributed by atoms with van der Waals surface area (Å²) in [4.78, 5) is 2.24. The van der Waals surface area contributed by atoms with Crippen molar-refractivity contribution in [2.24, 2.45) is 0 Å². The van der Waals surface area contributed by atoms with E-state index in [0.717, 1.165) is 25.1 Å². The highest BCUT2D eigenvalue weighted by atomic mass is 19.4. The summed E-state index contributed by atoms with van der Waals surface area (Å²) in [5, 5.41) is 3.38. The molecule has 3 rings (SSSR count). The molecule has 0 aliphatic carbocycles. The van der Waals surface area contributed by atoms with E-state index in [-0.39, 0.29) is 5.54 Å². The Morgan fingerprint density at radius 3 is 2.70 bits per heavy atom. The van der Waals surface area contributed by atoms with Gasteiger partial charge in [0.05, 0.1) is 5.54 Å². The molecule has 1 aromatic heterocycles. The van der Waals surface area contributed by atoms with Crippen LogP contribution in [0, 0.1) is 0 Å². The third-order valence-corrected chi connectivity index (χ3v) is 4.81. The lowest BCUT2D eigenvalue weighted by Gasteiger charge is -2.50. The summed E-state index contributed by atoms with van der Waals surface area (Å²) < 4.78 is 40.8. The van der Waals surface area contributed by atoms with Crippen LogP contribution in [-0.4, -0.2) is 35.6 Å². The highest BCUT2D eigenvalue weighted by Crippen LogP contribution is 2.43. The molecule has 3 heterocycles. The smallest absolute Gasteiger partial charge is 0.338 e. The molecule has 20 heavy (non-hydrogen) atoms. The molecule has 2 atom stereocenters. The van der Waals surface area contributed by atoms with Crippen LogP contribution in [0.5, 0.6) is 0 Å². The van der Waals surface area contributed by atoms with Gasteiger partial charge < -0.3 is 9.88 Å². The van der Waals surface area contributed by atoms with E-state index in [9.17, 15) is 13.2 Å². The fourth-order valence-corrected chi connectivity index (χ4v) is 3.81. The van der Waals surface area contributed by atoms with Crippen LogP contribution < -0.4 is 5.32 Å². The second-order valence-electron chi connectivity index (χ2n) is 6.02. The van der Waals surface area contributed by atoms with Crippen LogP contribution in [0.25, 0.3) is 0 Å². The largest absolute Gasteiger partial charge is 0.431 e. The number of likely N-dealkylation sites (N-methyl/N-ethyl adjacent to an activating group) is 1. The second-order valence-corrected chi connectivity index (χ2v) is 6.02. The van der Waals surface area contributed by atoms with Gasteiger partial charge in [0, 0.05) is 24.8 Å². The maximum absolute atomic E-state index is 13.1. The van der Waals surface area contributed by atoms with Gasteiger partial charge in [0.25, 0.3) is 0 Å². The number of halogens is 3. The molecule has 2 aliphatic rings. The van der Waals surface area contributed by atoms with Crippen LogP contribution in [0.3, 0.4) is 0 Å². The molecule has 1 saturated heterocycles. The number of rotatable bonds is 0. The molecule has 1 spiro atoms. The van der Waals surface area contributed by atoms with Crippen molar-refractivity contribution < 1.29 is 13.2 Å². The molecule has 0 unspecified atom stereocenters. The number of aromatic nitrogens is 1. The zero-order valence-corrected chi connectivity index (χ0v) is 11.8. The topological polar surface area (TPSA) is 20.2 Å². The molecule has 1 fully saturated rings. The van der Waals surface area contributed by atoms with E-state index < -0.39 is 11.9 Å². The van der Waals surface area contributed by atoms with Crippen molar-refractivity contribution in [3.05, 3.63) is 23.5 Å². The summed E-state index contributed by atoms with van der Waals surface area (Å²) in [5.74, 6) is 0. The van der Waals surface area contributed by atoms with Crippen LogP contribution in [0.15, 0.2) is 12.1 Å². The molecule has 2 aliphatic heterocycles. The van der Waals surface area contributed by atoms with Crippen molar-refractivity contribution in [3.8, 4) is 0 Å². The Bertz CT molecular complexity index is 508. The maximum atomic E-state index is 13.1. The van der Waals surface area contributed by atoms with E-state index in [1.54, 1.807) is 6.07 Å². The van der Waals surface area contributed by atoms with Crippen molar-refractivity contribution in [2.45, 2.75) is 44.1 Å². The number of nitrogens with one attached hydrogen (secondary N) is 1. The van der Waals surface area contributed by atoms with E-state index in [1.807, 2.05) is 7.05 Å². The molecule has 3 nitrogen and oxygen atoms in total. The molecule has 0 aromatic carbocycles. The molecule has 0 radical (unpaired) electrons. The minimum Gasteiger partial charge on any atom is -0.338 e. The molecular weight excluding hydrogens is 267 g/mol. The quantitative estimate of drug-likeness (QED) is 0.791. The standard InChI is InChI=1S/C14H20F3N3/c1-10-9-13(5-6-18-10)11-3-4-12(14(15,16)17)20(11)8-7-19(13)2/h3-4,10,18H,5-9H2,1-2H3/t10-,13+/m0/s1. The Kier molecular flexibility index (Phi) is 3.14. The number of alkyl halides is 3. The summed E-state index contributed by atoms with van der Waals surface area (Å²) in [6.07, 6.45) is -2.56. The first-order valence-electron chi connectivity index (χ1n) is 7.06. The number of hydrogen-bond donors (Lipinski definition) is 1. The molecular formula is C14H20F3N3. The van der Waals surface area contributed by atoms with E-state index in [0.29, 0.717) is 19.1 Å². The fourth-order valence-electron chi connectivity index (χ4n) is 3.81. The SMILES string of the molecule is C[C@H]1C[C@]2(CCN1)c1ccc(C(F)(F)F)n1CCN2C. The van der Waals surface area contributed by atoms with Crippen LogP contribution >= 0.6 is 0 Å². The molecule has 1 aromatic rings. The lowest BCUT2D eigenvalue weighted by molar-refractivity contribution is -0.144. The van der Waals surface area contributed by atoms with Crippen LogP contribution in [0.4, 0.5) is 13.2 Å². The Balaban J connectivity index is 2.08. The van der Waals surface area contributed by atoms with Gasteiger partial charge >= 0.3 is 6.18 Å². The molecule has 0 amide bonds. The summed E-state index contributed by atoms with van der Waals surface area (Å²) in [6.45, 7) is 4.02. The van der Waals surface area contributed by atoms with Gasteiger partial charge in [-0.2, -0.15) is 13.2 Å². The van der Waals surface area contributed by atoms with Crippen LogP contribution in [0.2, 0.25) is 0 Å². The van der Waals surface area contributed by atoms with Crippen molar-refractivity contribution in [1.29, 1.82) is 0 Å². The minimum absolute atomic E-state index is 0.258. The van der Waals surface area contributed by atoms with Gasteiger partial charge in [-0.15, -0.1) is 0 Å². The fraction of sp³-hybridized carbons (Fsp3) is 0.714. The van der Waals surface area contributed by atoms with E-state index >= 15 is 0 Å². The number of hydrogen-bond acceptors (Lipinski definition) is 2. The summed E-state index contributed by atoms with van der Waals surface area (Å²) in [6, 6.07) is 3.24. The van der Waals surface area contributed by atoms with Gasteiger partial charge in [-0.1, -0.05) is 0 Å². The zero-order valence-electron chi connectivity index (χ0n) is 11.8. The predicted molar refractivity (Wildman–Crippen MR) is 70.4 cm³/mol. The first kappa shape index (κ1) is 13.9. The van der Waals surface area contributed by atoms with E-state index in [2.05, 4.69) is 17.1 Å². The Morgan fingerprint density at radius 2 is 2.05 bits per heavy atom. The van der Waals surface area contributed by atoms with Crippen molar-refractivity contribution in [1.82, 2.24) is 14.8 Å². The number of nitrogens with zero attached hydrogens (tertiary/aromatic N) is 2. The van der Waals surface area contributed by atoms with Gasteiger partial charge in [-0.25, -0.2) is 0 Å². The Morgan fingerprint density at radius 1 is 1.30 bits per heavy atom. The highest BCUT2D eigenvalue weighted by Gasteiger charge is 2.47. The maximum Gasteiger partial charge on any atom is 0.431 e. The first-order chi connectivity index (χ1) is 9.34. The molecule has 1 N–H and O–H groups in total. The molecule has 112 valence electrons. The summed E-state index contributed by atoms with van der Waals surface area (Å²) in [5.41, 5.74) is 0.0601. The van der Waals surface area contributed by atoms with E-state index in [1.165, 1.54) is 10.6 Å². The van der Waals surface area contributed by atoms with Gasteiger partial charge in [0.15, 0.2) is 0 Å².